The van der Waals surface area contributed by atoms with Crippen molar-refractivity contribution in [3.8, 4) is 0 Å². The van der Waals surface area contributed by atoms with E-state index in [1.165, 1.54) is 0 Å². The molecule has 0 rings (SSSR count). The highest BCUT2D eigenvalue weighted by molar-refractivity contribution is 5.81. The zero-order valence-corrected chi connectivity index (χ0v) is 7.82. The minimum Gasteiger partial charge on any atom is -0.381 e. The summed E-state index contributed by atoms with van der Waals surface area (Å²) >= 11 is 0. The van der Waals surface area contributed by atoms with Gasteiger partial charge in [-0.3, -0.25) is 9.79 Å². The summed E-state index contributed by atoms with van der Waals surface area (Å²) in [4.78, 5) is 14.1. The van der Waals surface area contributed by atoms with Gasteiger partial charge in [-0.15, -0.1) is 0 Å². The fraction of sp³-hybridized carbons (Fsp3) is 0.714. The number of nitrogens with one attached hydrogen (secondary N) is 1. The van der Waals surface area contributed by atoms with Crippen LogP contribution in [0.3, 0.4) is 0 Å². The number of nitrogens with zero attached hydrogens (tertiary/aromatic N) is 1. The average Bonchev–Trinajstić information content (AvgIpc) is 1.98. The maximum Gasteiger partial charge on any atom is 0.248 e. The molecule has 1 unspecified atom stereocenters. The SMILES string of the molecule is CC(C)NC(N)=NCC(O)C(N)=O. The number of aliphatic hydroxyl groups is 1. The van der Waals surface area contributed by atoms with Crippen LogP contribution in [0.15, 0.2) is 4.99 Å². The van der Waals surface area contributed by atoms with Gasteiger partial charge in [0.25, 0.3) is 0 Å². The third-order valence-corrected chi connectivity index (χ3v) is 1.20. The van der Waals surface area contributed by atoms with Crippen LogP contribution in [0.2, 0.25) is 0 Å². The van der Waals surface area contributed by atoms with Crippen molar-refractivity contribution in [3.63, 3.8) is 0 Å². The van der Waals surface area contributed by atoms with Crippen molar-refractivity contribution in [1.29, 1.82) is 0 Å². The van der Waals surface area contributed by atoms with Crippen molar-refractivity contribution in [1.82, 2.24) is 5.32 Å². The van der Waals surface area contributed by atoms with Crippen LogP contribution < -0.4 is 16.8 Å². The van der Waals surface area contributed by atoms with Crippen molar-refractivity contribution in [2.75, 3.05) is 6.54 Å². The summed E-state index contributed by atoms with van der Waals surface area (Å²) in [7, 11) is 0. The number of carbonyl (C=O) groups excluding carboxylic acids is 1. The Kier molecular flexibility index (Phi) is 4.83. The second kappa shape index (κ2) is 5.36. The third kappa shape index (κ3) is 5.92. The summed E-state index contributed by atoms with van der Waals surface area (Å²) < 4.78 is 0. The molecule has 13 heavy (non-hydrogen) atoms. The highest BCUT2D eigenvalue weighted by atomic mass is 16.3. The van der Waals surface area contributed by atoms with Crippen molar-refractivity contribution in [2.24, 2.45) is 16.5 Å². The summed E-state index contributed by atoms with van der Waals surface area (Å²) in [6, 6.07) is 0.162. The molecule has 0 aromatic carbocycles. The Morgan fingerprint density at radius 2 is 2.08 bits per heavy atom. The Hall–Kier alpha value is -1.30. The van der Waals surface area contributed by atoms with E-state index in [1.807, 2.05) is 13.8 Å². The van der Waals surface area contributed by atoms with E-state index in [0.717, 1.165) is 0 Å². The van der Waals surface area contributed by atoms with Gasteiger partial charge < -0.3 is 21.9 Å². The zero-order valence-electron chi connectivity index (χ0n) is 7.82. The molecule has 0 bridgehead atoms. The molecular formula is C7H16N4O2. The molecule has 6 N–H and O–H groups in total. The maximum atomic E-state index is 10.4. The predicted octanol–water partition coefficient (Wildman–Crippen LogP) is -1.85. The van der Waals surface area contributed by atoms with Gasteiger partial charge in [0.05, 0.1) is 6.54 Å². The minimum absolute atomic E-state index is 0.110. The van der Waals surface area contributed by atoms with Crippen LogP contribution >= 0.6 is 0 Å². The van der Waals surface area contributed by atoms with E-state index in [4.69, 9.17) is 16.6 Å². The Bertz CT molecular complexity index is 203. The Labute approximate surface area is 77.0 Å². The lowest BCUT2D eigenvalue weighted by Gasteiger charge is -2.09. The molecule has 1 atom stereocenters. The number of rotatable bonds is 4. The zero-order chi connectivity index (χ0) is 10.4. The van der Waals surface area contributed by atoms with E-state index in [9.17, 15) is 4.79 Å². The highest BCUT2D eigenvalue weighted by Gasteiger charge is 2.09. The van der Waals surface area contributed by atoms with Crippen LogP contribution in [-0.2, 0) is 4.79 Å². The van der Waals surface area contributed by atoms with E-state index in [2.05, 4.69) is 10.3 Å². The lowest BCUT2D eigenvalue weighted by molar-refractivity contribution is -0.125. The maximum absolute atomic E-state index is 10.4. The lowest BCUT2D eigenvalue weighted by Crippen LogP contribution is -2.38. The monoisotopic (exact) mass is 188 g/mol. The Balaban J connectivity index is 3.89. The van der Waals surface area contributed by atoms with Crippen molar-refractivity contribution in [3.05, 3.63) is 0 Å². The van der Waals surface area contributed by atoms with Crippen LogP contribution in [0.25, 0.3) is 0 Å². The van der Waals surface area contributed by atoms with Gasteiger partial charge in [-0.2, -0.15) is 0 Å². The quantitative estimate of drug-likeness (QED) is 0.306. The number of hydrogen-bond acceptors (Lipinski definition) is 3. The van der Waals surface area contributed by atoms with E-state index >= 15 is 0 Å². The second-order valence-corrected chi connectivity index (χ2v) is 2.94. The number of aliphatic hydroxyl groups excluding tert-OH is 1. The van der Waals surface area contributed by atoms with Gasteiger partial charge in [0, 0.05) is 6.04 Å². The number of hydrogen-bond donors (Lipinski definition) is 4. The number of carbonyl (C=O) groups is 1. The molecular weight excluding hydrogens is 172 g/mol. The molecule has 0 spiro atoms. The number of nitrogens with two attached hydrogens (primary N) is 2. The van der Waals surface area contributed by atoms with Crippen LogP contribution in [0, 0.1) is 0 Å². The molecule has 0 aromatic heterocycles. The Morgan fingerprint density at radius 1 is 1.54 bits per heavy atom. The first-order valence-corrected chi connectivity index (χ1v) is 3.97. The molecule has 6 nitrogen and oxygen atoms in total. The van der Waals surface area contributed by atoms with Gasteiger partial charge in [-0.25, -0.2) is 0 Å². The average molecular weight is 188 g/mol. The third-order valence-electron chi connectivity index (χ3n) is 1.20. The van der Waals surface area contributed by atoms with Gasteiger partial charge in [0.1, 0.15) is 0 Å². The van der Waals surface area contributed by atoms with Gasteiger partial charge in [-0.1, -0.05) is 0 Å². The molecule has 0 saturated carbocycles. The van der Waals surface area contributed by atoms with E-state index < -0.39 is 12.0 Å². The van der Waals surface area contributed by atoms with E-state index in [-0.39, 0.29) is 18.5 Å². The van der Waals surface area contributed by atoms with Crippen molar-refractivity contribution < 1.29 is 9.90 Å². The largest absolute Gasteiger partial charge is 0.381 e. The van der Waals surface area contributed by atoms with Gasteiger partial charge in [0.15, 0.2) is 12.1 Å². The van der Waals surface area contributed by atoms with Crippen molar-refractivity contribution >= 4 is 11.9 Å². The standard InChI is InChI=1S/C7H16N4O2/c1-4(2)11-7(9)10-3-5(12)6(8)13/h4-5,12H,3H2,1-2H3,(H2,8,13)(H3,9,10,11). The molecule has 0 aliphatic carbocycles. The van der Waals surface area contributed by atoms with Crippen LogP contribution in [0.4, 0.5) is 0 Å². The molecule has 6 heteroatoms. The molecule has 0 aliphatic rings. The smallest absolute Gasteiger partial charge is 0.248 e. The molecule has 0 aromatic rings. The normalized spacial score (nSPS) is 14.3. The predicted molar refractivity (Wildman–Crippen MR) is 50.0 cm³/mol. The summed E-state index contributed by atoms with van der Waals surface area (Å²) in [6.45, 7) is 3.68. The number of amides is 1. The molecule has 0 aliphatic heterocycles. The first-order chi connectivity index (χ1) is 5.93. The fourth-order valence-corrected chi connectivity index (χ4v) is 0.616. The van der Waals surface area contributed by atoms with E-state index in [1.54, 1.807) is 0 Å². The van der Waals surface area contributed by atoms with Crippen LogP contribution in [0.5, 0.6) is 0 Å². The van der Waals surface area contributed by atoms with Gasteiger partial charge in [0.2, 0.25) is 5.91 Å². The highest BCUT2D eigenvalue weighted by Crippen LogP contribution is 1.83. The lowest BCUT2D eigenvalue weighted by atomic mass is 10.3. The van der Waals surface area contributed by atoms with Gasteiger partial charge >= 0.3 is 0 Å². The number of aliphatic imine (C=N–C) groups is 1. The minimum atomic E-state index is -1.27. The molecule has 0 heterocycles. The van der Waals surface area contributed by atoms with Gasteiger partial charge in [-0.05, 0) is 13.8 Å². The van der Waals surface area contributed by atoms with Crippen molar-refractivity contribution in [2.45, 2.75) is 26.0 Å². The van der Waals surface area contributed by atoms with Crippen LogP contribution in [-0.4, -0.2) is 35.7 Å². The summed E-state index contributed by atoms with van der Waals surface area (Å²) in [6.07, 6.45) is -1.27. The summed E-state index contributed by atoms with van der Waals surface area (Å²) in [5.41, 5.74) is 10.2. The first-order valence-electron chi connectivity index (χ1n) is 3.97. The topological polar surface area (TPSA) is 114 Å². The van der Waals surface area contributed by atoms with Crippen LogP contribution in [0.1, 0.15) is 13.8 Å². The molecule has 0 fully saturated rings. The summed E-state index contributed by atoms with van der Waals surface area (Å²) in [5.74, 6) is -0.614. The molecule has 76 valence electrons. The Morgan fingerprint density at radius 3 is 2.46 bits per heavy atom. The number of primary amides is 1. The second-order valence-electron chi connectivity index (χ2n) is 2.94. The fourth-order valence-electron chi connectivity index (χ4n) is 0.616. The molecule has 0 saturated heterocycles. The van der Waals surface area contributed by atoms with E-state index in [0.29, 0.717) is 0 Å². The molecule has 1 amide bonds. The molecule has 0 radical (unpaired) electrons. The number of guanidine groups is 1. The summed E-state index contributed by atoms with van der Waals surface area (Å²) in [5, 5.41) is 11.7. The first kappa shape index (κ1) is 11.7.